The van der Waals surface area contributed by atoms with Gasteiger partial charge in [0.1, 0.15) is 0 Å². The van der Waals surface area contributed by atoms with Crippen LogP contribution in [0, 0.1) is 0 Å². The molecule has 1 aliphatic rings. The second-order valence-corrected chi connectivity index (χ2v) is 5.75. The molecule has 0 bridgehead atoms. The van der Waals surface area contributed by atoms with Gasteiger partial charge in [0.15, 0.2) is 5.16 Å². The lowest BCUT2D eigenvalue weighted by Gasteiger charge is -2.27. The highest BCUT2D eigenvalue weighted by atomic mass is 32.2. The number of rotatable bonds is 3. The van der Waals surface area contributed by atoms with Gasteiger partial charge in [0.2, 0.25) is 0 Å². The van der Waals surface area contributed by atoms with Crippen molar-refractivity contribution in [2.45, 2.75) is 43.7 Å². The van der Waals surface area contributed by atoms with Crippen molar-refractivity contribution < 1.29 is 9.90 Å². The molecule has 0 amide bonds. The van der Waals surface area contributed by atoms with Gasteiger partial charge in [-0.25, -0.2) is 4.98 Å². The molecule has 4 nitrogen and oxygen atoms in total. The molecule has 5 heteroatoms. The highest BCUT2D eigenvalue weighted by Gasteiger charge is 2.30. The average molecular weight is 240 g/mol. The summed E-state index contributed by atoms with van der Waals surface area (Å²) in [6, 6.07) is 0. The number of imidazole rings is 1. The van der Waals surface area contributed by atoms with E-state index in [0.717, 1.165) is 23.7 Å². The molecule has 1 aliphatic carbocycles. The summed E-state index contributed by atoms with van der Waals surface area (Å²) in [4.78, 5) is 18.2. The second-order valence-electron chi connectivity index (χ2n) is 4.79. The highest BCUT2D eigenvalue weighted by molar-refractivity contribution is 7.99. The molecule has 0 aromatic carbocycles. The van der Waals surface area contributed by atoms with Gasteiger partial charge in [-0.15, -0.1) is 0 Å². The van der Waals surface area contributed by atoms with Crippen LogP contribution in [0.3, 0.4) is 0 Å². The Labute approximate surface area is 98.9 Å². The molecule has 0 fully saturated rings. The normalized spacial score (nSPS) is 18.1. The number of aliphatic carboxylic acids is 1. The Bertz CT molecular complexity index is 412. The number of nitrogens with one attached hydrogen (secondary N) is 1. The maximum absolute atomic E-state index is 10.5. The number of hydrogen-bond acceptors (Lipinski definition) is 3. The number of aromatic amines is 1. The van der Waals surface area contributed by atoms with Gasteiger partial charge in [0.25, 0.3) is 0 Å². The van der Waals surface area contributed by atoms with Crippen LogP contribution < -0.4 is 0 Å². The maximum Gasteiger partial charge on any atom is 0.313 e. The first-order valence-corrected chi connectivity index (χ1v) is 6.41. The molecular formula is C11H16N2O2S. The number of aryl methyl sites for hydroxylation is 1. The Hall–Kier alpha value is -0.970. The second kappa shape index (κ2) is 4.13. The van der Waals surface area contributed by atoms with Gasteiger partial charge in [-0.3, -0.25) is 4.79 Å². The van der Waals surface area contributed by atoms with Crippen LogP contribution in [-0.2, 0) is 16.6 Å². The fourth-order valence-corrected chi connectivity index (χ4v) is 2.76. The third kappa shape index (κ3) is 2.24. The van der Waals surface area contributed by atoms with Crippen LogP contribution >= 0.6 is 11.8 Å². The zero-order valence-electron chi connectivity index (χ0n) is 9.54. The molecular weight excluding hydrogens is 224 g/mol. The van der Waals surface area contributed by atoms with Crippen molar-refractivity contribution in [3.8, 4) is 0 Å². The Morgan fingerprint density at radius 1 is 1.62 bits per heavy atom. The first kappa shape index (κ1) is 11.5. The lowest BCUT2D eigenvalue weighted by Crippen LogP contribution is -2.23. The van der Waals surface area contributed by atoms with Gasteiger partial charge < -0.3 is 10.1 Å². The zero-order valence-corrected chi connectivity index (χ0v) is 10.4. The van der Waals surface area contributed by atoms with Crippen LogP contribution in [0.4, 0.5) is 0 Å². The summed E-state index contributed by atoms with van der Waals surface area (Å²) in [5.41, 5.74) is 2.42. The summed E-state index contributed by atoms with van der Waals surface area (Å²) < 4.78 is 0. The van der Waals surface area contributed by atoms with Gasteiger partial charge in [0, 0.05) is 11.1 Å². The predicted octanol–water partition coefficient (Wildman–Crippen LogP) is 2.20. The van der Waals surface area contributed by atoms with Crippen LogP contribution in [-0.4, -0.2) is 26.8 Å². The fourth-order valence-electron chi connectivity index (χ4n) is 2.15. The van der Waals surface area contributed by atoms with E-state index in [2.05, 4.69) is 23.8 Å². The molecule has 2 rings (SSSR count). The quantitative estimate of drug-likeness (QED) is 0.795. The third-order valence-electron chi connectivity index (χ3n) is 2.96. The Morgan fingerprint density at radius 2 is 2.38 bits per heavy atom. The molecule has 0 radical (unpaired) electrons. The first-order valence-electron chi connectivity index (χ1n) is 5.43. The van der Waals surface area contributed by atoms with Crippen molar-refractivity contribution in [3.63, 3.8) is 0 Å². The van der Waals surface area contributed by atoms with E-state index in [1.54, 1.807) is 0 Å². The van der Waals surface area contributed by atoms with Crippen LogP contribution in [0.1, 0.15) is 38.1 Å². The number of thioether (sulfide) groups is 1. The topological polar surface area (TPSA) is 66.0 Å². The minimum Gasteiger partial charge on any atom is -0.481 e. The minimum atomic E-state index is -0.807. The van der Waals surface area contributed by atoms with E-state index in [0.29, 0.717) is 0 Å². The number of carbonyl (C=O) groups is 1. The van der Waals surface area contributed by atoms with E-state index in [4.69, 9.17) is 5.11 Å². The molecule has 88 valence electrons. The number of H-pyrrole nitrogens is 1. The van der Waals surface area contributed by atoms with Crippen LogP contribution in [0.5, 0.6) is 0 Å². The van der Waals surface area contributed by atoms with Gasteiger partial charge in [0.05, 0.1) is 11.4 Å². The summed E-state index contributed by atoms with van der Waals surface area (Å²) in [7, 11) is 0. The summed E-state index contributed by atoms with van der Waals surface area (Å²) in [6.07, 6.45) is 3.35. The number of carboxylic acid groups (broad SMARTS) is 1. The van der Waals surface area contributed by atoms with Crippen molar-refractivity contribution in [2.24, 2.45) is 0 Å². The highest BCUT2D eigenvalue weighted by Crippen LogP contribution is 2.36. The molecule has 1 heterocycles. The molecule has 0 aliphatic heterocycles. The Kier molecular flexibility index (Phi) is 2.97. The third-order valence-corrected chi connectivity index (χ3v) is 3.82. The van der Waals surface area contributed by atoms with Crippen molar-refractivity contribution in [1.29, 1.82) is 0 Å². The van der Waals surface area contributed by atoms with Gasteiger partial charge >= 0.3 is 5.97 Å². The molecule has 0 atom stereocenters. The molecule has 16 heavy (non-hydrogen) atoms. The number of hydrogen-bond donors (Lipinski definition) is 2. The molecule has 2 N–H and O–H groups in total. The van der Waals surface area contributed by atoms with E-state index < -0.39 is 5.97 Å². The summed E-state index contributed by atoms with van der Waals surface area (Å²) >= 11 is 1.26. The standard InChI is InChI=1S/C11H16N2O2S/c1-11(2)5-3-4-7-9(11)13-10(12-7)16-6-8(14)15/h3-6H2,1-2H3,(H,12,13)(H,14,15). The maximum atomic E-state index is 10.5. The molecule has 1 aromatic rings. The molecule has 0 spiro atoms. The van der Waals surface area contributed by atoms with E-state index in [1.165, 1.54) is 23.9 Å². The number of aromatic nitrogens is 2. The molecule has 0 saturated heterocycles. The van der Waals surface area contributed by atoms with E-state index >= 15 is 0 Å². The molecule has 0 saturated carbocycles. The predicted molar refractivity (Wildman–Crippen MR) is 62.9 cm³/mol. The number of nitrogens with zero attached hydrogens (tertiary/aromatic N) is 1. The number of carboxylic acids is 1. The molecule has 1 aromatic heterocycles. The van der Waals surface area contributed by atoms with E-state index in [1.807, 2.05) is 0 Å². The van der Waals surface area contributed by atoms with Crippen molar-refractivity contribution in [2.75, 3.05) is 5.75 Å². The van der Waals surface area contributed by atoms with Gasteiger partial charge in [-0.2, -0.15) is 0 Å². The Balaban J connectivity index is 2.19. The zero-order chi connectivity index (χ0) is 11.8. The van der Waals surface area contributed by atoms with Gasteiger partial charge in [-0.05, 0) is 19.3 Å². The van der Waals surface area contributed by atoms with E-state index in [-0.39, 0.29) is 11.2 Å². The monoisotopic (exact) mass is 240 g/mol. The first-order chi connectivity index (χ1) is 7.49. The van der Waals surface area contributed by atoms with Crippen molar-refractivity contribution in [1.82, 2.24) is 9.97 Å². The SMILES string of the molecule is CC1(C)CCCc2[nH]c(SCC(=O)O)nc21. The van der Waals surface area contributed by atoms with E-state index in [9.17, 15) is 4.79 Å². The largest absolute Gasteiger partial charge is 0.481 e. The average Bonchev–Trinajstić information content (AvgIpc) is 2.59. The summed E-state index contributed by atoms with van der Waals surface area (Å²) in [5, 5.41) is 9.36. The minimum absolute atomic E-state index is 0.0623. The van der Waals surface area contributed by atoms with Crippen molar-refractivity contribution in [3.05, 3.63) is 11.4 Å². The fraction of sp³-hybridized carbons (Fsp3) is 0.636. The lowest BCUT2D eigenvalue weighted by atomic mass is 9.78. The number of fused-ring (bicyclic) bond motifs is 1. The summed E-state index contributed by atoms with van der Waals surface area (Å²) in [6.45, 7) is 4.38. The van der Waals surface area contributed by atoms with Crippen molar-refractivity contribution >= 4 is 17.7 Å². The van der Waals surface area contributed by atoms with Crippen LogP contribution in [0.2, 0.25) is 0 Å². The van der Waals surface area contributed by atoms with Crippen LogP contribution in [0.25, 0.3) is 0 Å². The molecule has 0 unspecified atom stereocenters. The van der Waals surface area contributed by atoms with Crippen LogP contribution in [0.15, 0.2) is 5.16 Å². The lowest BCUT2D eigenvalue weighted by molar-refractivity contribution is -0.133. The van der Waals surface area contributed by atoms with Gasteiger partial charge in [-0.1, -0.05) is 25.6 Å². The summed E-state index contributed by atoms with van der Waals surface area (Å²) in [5.74, 6) is -0.744. The Morgan fingerprint density at radius 3 is 3.00 bits per heavy atom. The smallest absolute Gasteiger partial charge is 0.313 e.